The molecule has 0 fully saturated rings. The van der Waals surface area contributed by atoms with Crippen LogP contribution >= 0.6 is 0 Å². The summed E-state index contributed by atoms with van der Waals surface area (Å²) in [4.78, 5) is 28.0. The van der Waals surface area contributed by atoms with Crippen LogP contribution in [0.4, 0.5) is 4.79 Å². The number of nitrogens with one attached hydrogen (secondary N) is 2. The minimum Gasteiger partial charge on any atom is -0.444 e. The molecular weight excluding hydrogens is 282 g/mol. The van der Waals surface area contributed by atoms with Crippen LogP contribution in [0.5, 0.6) is 0 Å². The summed E-state index contributed by atoms with van der Waals surface area (Å²) >= 11 is 0. The Morgan fingerprint density at radius 1 is 1.23 bits per heavy atom. The molecule has 1 atom stereocenters. The summed E-state index contributed by atoms with van der Waals surface area (Å²) in [7, 11) is 0. The van der Waals surface area contributed by atoms with Crippen LogP contribution in [0.1, 0.15) is 40.2 Å². The number of carbonyl (C=O) groups is 2. The maximum absolute atomic E-state index is 12.3. The third-order valence-corrected chi connectivity index (χ3v) is 2.84. The quantitative estimate of drug-likeness (QED) is 0.874. The van der Waals surface area contributed by atoms with Gasteiger partial charge in [-0.25, -0.2) is 4.79 Å². The number of alkyl carbamates (subject to hydrolysis) is 1. The van der Waals surface area contributed by atoms with Crippen LogP contribution in [0.25, 0.3) is 0 Å². The molecule has 122 valence electrons. The second-order valence-electron chi connectivity index (χ2n) is 6.44. The van der Waals surface area contributed by atoms with Gasteiger partial charge in [-0.3, -0.25) is 9.78 Å². The number of aromatic nitrogens is 1. The number of hydrogen-bond acceptors (Lipinski definition) is 4. The smallest absolute Gasteiger partial charge is 0.408 e. The summed E-state index contributed by atoms with van der Waals surface area (Å²) < 4.78 is 5.19. The normalized spacial score (nSPS) is 12.6. The number of hydrogen-bond donors (Lipinski definition) is 2. The SMILES string of the molecule is CC(C)C(NC(=O)OC(C)(C)C)C(=O)NCc1ccncc1. The highest BCUT2D eigenvalue weighted by Gasteiger charge is 2.26. The van der Waals surface area contributed by atoms with E-state index in [2.05, 4.69) is 15.6 Å². The summed E-state index contributed by atoms with van der Waals surface area (Å²) in [6, 6.07) is 3.01. The van der Waals surface area contributed by atoms with E-state index in [1.807, 2.05) is 26.0 Å². The van der Waals surface area contributed by atoms with Gasteiger partial charge in [0.2, 0.25) is 5.91 Å². The fraction of sp³-hybridized carbons (Fsp3) is 0.562. The van der Waals surface area contributed by atoms with E-state index in [1.54, 1.807) is 33.2 Å². The Hall–Kier alpha value is -2.11. The van der Waals surface area contributed by atoms with E-state index in [-0.39, 0.29) is 11.8 Å². The number of amides is 2. The molecule has 0 saturated carbocycles. The lowest BCUT2D eigenvalue weighted by Gasteiger charge is -2.25. The minimum atomic E-state index is -0.642. The van der Waals surface area contributed by atoms with Crippen LogP contribution in [0.2, 0.25) is 0 Å². The van der Waals surface area contributed by atoms with Gasteiger partial charge in [-0.15, -0.1) is 0 Å². The van der Waals surface area contributed by atoms with Crippen molar-refractivity contribution in [3.63, 3.8) is 0 Å². The van der Waals surface area contributed by atoms with E-state index in [9.17, 15) is 9.59 Å². The summed E-state index contributed by atoms with van der Waals surface area (Å²) in [5.74, 6) is -0.289. The predicted octanol–water partition coefficient (Wildman–Crippen LogP) is 2.25. The third-order valence-electron chi connectivity index (χ3n) is 2.84. The van der Waals surface area contributed by atoms with Crippen molar-refractivity contribution < 1.29 is 14.3 Å². The average Bonchev–Trinajstić information content (AvgIpc) is 2.41. The number of nitrogens with zero attached hydrogens (tertiary/aromatic N) is 1. The molecule has 1 rings (SSSR count). The van der Waals surface area contributed by atoms with Crippen molar-refractivity contribution in [2.45, 2.75) is 52.8 Å². The predicted molar refractivity (Wildman–Crippen MR) is 84.1 cm³/mol. The second kappa shape index (κ2) is 7.77. The number of carbonyl (C=O) groups excluding carboxylic acids is 2. The third kappa shape index (κ3) is 6.56. The molecule has 6 heteroatoms. The summed E-state index contributed by atoms with van der Waals surface area (Å²) in [5, 5.41) is 5.44. The van der Waals surface area contributed by atoms with Crippen molar-refractivity contribution in [2.75, 3.05) is 0 Å². The van der Waals surface area contributed by atoms with Gasteiger partial charge in [-0.2, -0.15) is 0 Å². The first kappa shape index (κ1) is 17.9. The van der Waals surface area contributed by atoms with Gasteiger partial charge in [0.1, 0.15) is 11.6 Å². The highest BCUT2D eigenvalue weighted by atomic mass is 16.6. The molecule has 0 aromatic carbocycles. The molecule has 1 unspecified atom stereocenters. The van der Waals surface area contributed by atoms with Crippen LogP contribution in [0.3, 0.4) is 0 Å². The van der Waals surface area contributed by atoms with Crippen LogP contribution in [0, 0.1) is 5.92 Å². The number of pyridine rings is 1. The van der Waals surface area contributed by atoms with Gasteiger partial charge in [0.15, 0.2) is 0 Å². The van der Waals surface area contributed by atoms with Crippen molar-refractivity contribution in [2.24, 2.45) is 5.92 Å². The first-order valence-corrected chi connectivity index (χ1v) is 7.35. The van der Waals surface area contributed by atoms with Crippen molar-refractivity contribution >= 4 is 12.0 Å². The highest BCUT2D eigenvalue weighted by molar-refractivity contribution is 5.85. The van der Waals surface area contributed by atoms with Gasteiger partial charge in [0.05, 0.1) is 0 Å². The average molecular weight is 307 g/mol. The maximum atomic E-state index is 12.3. The van der Waals surface area contributed by atoms with Crippen LogP contribution in [-0.4, -0.2) is 28.6 Å². The molecule has 1 aromatic heterocycles. The standard InChI is InChI=1S/C16H25N3O3/c1-11(2)13(19-15(21)22-16(3,4)5)14(20)18-10-12-6-8-17-9-7-12/h6-9,11,13H,10H2,1-5H3,(H,18,20)(H,19,21). The summed E-state index contributed by atoms with van der Waals surface area (Å²) in [6.45, 7) is 9.46. The summed E-state index contributed by atoms with van der Waals surface area (Å²) in [6.07, 6.45) is 2.74. The Bertz CT molecular complexity index is 495. The molecule has 6 nitrogen and oxygen atoms in total. The van der Waals surface area contributed by atoms with E-state index in [1.165, 1.54) is 0 Å². The van der Waals surface area contributed by atoms with E-state index < -0.39 is 17.7 Å². The molecule has 1 heterocycles. The van der Waals surface area contributed by atoms with Crippen LogP contribution < -0.4 is 10.6 Å². The van der Waals surface area contributed by atoms with Crippen molar-refractivity contribution in [3.8, 4) is 0 Å². The van der Waals surface area contributed by atoms with Gasteiger partial charge < -0.3 is 15.4 Å². The minimum absolute atomic E-state index is 0.0510. The Morgan fingerprint density at radius 3 is 2.32 bits per heavy atom. The molecular formula is C16H25N3O3. The lowest BCUT2D eigenvalue weighted by Crippen LogP contribution is -2.50. The largest absolute Gasteiger partial charge is 0.444 e. The van der Waals surface area contributed by atoms with Gasteiger partial charge in [0.25, 0.3) is 0 Å². The molecule has 2 N–H and O–H groups in total. The molecule has 0 saturated heterocycles. The molecule has 2 amide bonds. The van der Waals surface area contributed by atoms with Crippen molar-refractivity contribution in [1.29, 1.82) is 0 Å². The maximum Gasteiger partial charge on any atom is 0.408 e. The second-order valence-corrected chi connectivity index (χ2v) is 6.44. The molecule has 0 aliphatic rings. The van der Waals surface area contributed by atoms with E-state index in [4.69, 9.17) is 4.74 Å². The lowest BCUT2D eigenvalue weighted by molar-refractivity contribution is -0.124. The van der Waals surface area contributed by atoms with E-state index in [0.29, 0.717) is 6.54 Å². The van der Waals surface area contributed by atoms with Gasteiger partial charge in [-0.05, 0) is 44.4 Å². The van der Waals surface area contributed by atoms with Crippen LogP contribution in [-0.2, 0) is 16.1 Å². The number of ether oxygens (including phenoxy) is 1. The monoisotopic (exact) mass is 307 g/mol. The fourth-order valence-corrected chi connectivity index (χ4v) is 1.77. The van der Waals surface area contributed by atoms with E-state index in [0.717, 1.165) is 5.56 Å². The van der Waals surface area contributed by atoms with Crippen molar-refractivity contribution in [3.05, 3.63) is 30.1 Å². The summed E-state index contributed by atoms with van der Waals surface area (Å²) in [5.41, 5.74) is 0.349. The zero-order valence-corrected chi connectivity index (χ0v) is 13.8. The Labute approximate surface area is 131 Å². The first-order valence-electron chi connectivity index (χ1n) is 7.35. The number of rotatable bonds is 5. The molecule has 0 aliphatic heterocycles. The molecule has 0 radical (unpaired) electrons. The fourth-order valence-electron chi connectivity index (χ4n) is 1.77. The van der Waals surface area contributed by atoms with Crippen LogP contribution in [0.15, 0.2) is 24.5 Å². The Kier molecular flexibility index (Phi) is 6.34. The molecule has 0 spiro atoms. The van der Waals surface area contributed by atoms with Gasteiger partial charge in [0, 0.05) is 18.9 Å². The Balaban J connectivity index is 2.58. The molecule has 0 bridgehead atoms. The molecule has 0 aliphatic carbocycles. The van der Waals surface area contributed by atoms with Gasteiger partial charge in [-0.1, -0.05) is 13.8 Å². The topological polar surface area (TPSA) is 80.3 Å². The van der Waals surface area contributed by atoms with Crippen molar-refractivity contribution in [1.82, 2.24) is 15.6 Å². The van der Waals surface area contributed by atoms with E-state index >= 15 is 0 Å². The lowest BCUT2D eigenvalue weighted by atomic mass is 10.0. The zero-order chi connectivity index (χ0) is 16.8. The van der Waals surface area contributed by atoms with Gasteiger partial charge >= 0.3 is 6.09 Å². The molecule has 22 heavy (non-hydrogen) atoms. The first-order chi connectivity index (χ1) is 10.2. The zero-order valence-electron chi connectivity index (χ0n) is 13.8. The molecule has 1 aromatic rings. The Morgan fingerprint density at radius 2 is 1.82 bits per heavy atom. The highest BCUT2D eigenvalue weighted by Crippen LogP contribution is 2.09.